The van der Waals surface area contributed by atoms with Gasteiger partial charge in [-0.15, -0.1) is 0 Å². The molecule has 16 heteroatoms. The molecule has 440 valence electrons. The fourth-order valence-corrected chi connectivity index (χ4v) is 20.0. The first-order chi connectivity index (χ1) is 36.9. The molecule has 2 amide bonds. The predicted molar refractivity (Wildman–Crippen MR) is 287 cm³/mol. The number of carbonyl (C=O) groups excluding carboxylic acids is 6. The first kappa shape index (κ1) is 59.3. The number of rotatable bonds is 16. The molecule has 16 nitrogen and oxygen atoms in total. The van der Waals surface area contributed by atoms with Gasteiger partial charge in [0.2, 0.25) is 23.4 Å². The van der Waals surface area contributed by atoms with Gasteiger partial charge in [0.25, 0.3) is 0 Å². The summed E-state index contributed by atoms with van der Waals surface area (Å²) in [6.07, 6.45) is 12.6. The number of nitrogens with one attached hydrogen (secondary N) is 2. The highest BCUT2D eigenvalue weighted by molar-refractivity contribution is 5.76. The molecule has 1 saturated heterocycles. The van der Waals surface area contributed by atoms with E-state index in [2.05, 4.69) is 66.0 Å². The topological polar surface area (TPSA) is 200 Å². The van der Waals surface area contributed by atoms with Crippen LogP contribution in [0.3, 0.4) is 0 Å². The van der Waals surface area contributed by atoms with E-state index in [1.54, 1.807) is 0 Å². The summed E-state index contributed by atoms with van der Waals surface area (Å²) < 4.78 is 25.7. The first-order valence-corrected chi connectivity index (χ1v) is 30.8. The Bertz CT molecular complexity index is 2080. The van der Waals surface area contributed by atoms with Gasteiger partial charge in [-0.2, -0.15) is 19.6 Å². The lowest BCUT2D eigenvalue weighted by molar-refractivity contribution is -0.667. The average molecular weight is 1100 g/mol. The van der Waals surface area contributed by atoms with Gasteiger partial charge in [-0.1, -0.05) is 55.4 Å². The third-order valence-electron chi connectivity index (χ3n) is 23.7. The molecule has 2 spiro atoms. The van der Waals surface area contributed by atoms with Crippen molar-refractivity contribution in [2.45, 2.75) is 247 Å². The number of amides is 2. The molecule has 9 fully saturated rings. The summed E-state index contributed by atoms with van der Waals surface area (Å²) in [6, 6.07) is 0. The minimum atomic E-state index is -1.20. The molecular weight excluding hydrogens is 997 g/mol. The second kappa shape index (κ2) is 22.8. The van der Waals surface area contributed by atoms with Crippen molar-refractivity contribution in [3.63, 3.8) is 0 Å². The van der Waals surface area contributed by atoms with E-state index >= 15 is 0 Å². The normalized spacial score (nSPS) is 44.9. The molecule has 0 radical (unpaired) electrons. The second-order valence-corrected chi connectivity index (χ2v) is 27.8. The molecule has 9 rings (SSSR count). The van der Waals surface area contributed by atoms with Crippen LogP contribution >= 0.6 is 0 Å². The number of hydrogen-bond acceptors (Lipinski definition) is 14. The highest BCUT2D eigenvalue weighted by Crippen LogP contribution is 2.73. The standard InChI is InChI=1S/C62H98N2O14/c1-13-27-63-53(69)21-15-35(3)43-17-19-45-55-47(31-51(59(43,45)11)73-39(7)67)57(9)23-25-61(33-41(57)29-49(55)71-37(5)65)75-77-62(78-76-61)26-24-58(10)42(34-62)30-50(72-38(6)66)56-46-20-18-44(36(4)16-22-54(70)64-28-14-2)60(46,12)52(32-48(56)58)74-40(8)68/h35-36,41-52,55-56H,13-34H2,1-12H3,(H,63,69)(H,64,70)/t35?,36?,41-,42-,43-,44-,45?,46?,47?,48?,49-,50-,51+,52+,55?,56?,57+,58+,59-,60-,61?,62?/m1/s1. The SMILES string of the molecule is CCCNC(=O)CCC(C)[C@H]1CCC2C3C(C[C@H](OC(C)=O)[C@@]21C)[C@@]1(C)CCC2(C[C@H]1C[C@H]3OC(C)=O)OOC1(CC[C@]3(C)C4C[C@H](OC(C)=O)[C@@]5(C)C(CC[C@@H]5C(C)CCC(=O)NCCC)C4[C@H](OC(C)=O)C[C@@H]3C1)OO2. The van der Waals surface area contributed by atoms with Crippen LogP contribution in [0.2, 0.25) is 0 Å². The molecule has 1 heterocycles. The fourth-order valence-electron chi connectivity index (χ4n) is 20.0. The van der Waals surface area contributed by atoms with Crippen LogP contribution in [0.5, 0.6) is 0 Å². The largest absolute Gasteiger partial charge is 0.462 e. The Morgan fingerprint density at radius 2 is 0.859 bits per heavy atom. The Hall–Kier alpha value is -3.34. The Labute approximate surface area is 465 Å². The number of fused-ring (bicyclic) bond motifs is 10. The predicted octanol–water partition coefficient (Wildman–Crippen LogP) is 10.7. The van der Waals surface area contributed by atoms with E-state index in [-0.39, 0.29) is 153 Å². The zero-order valence-corrected chi connectivity index (χ0v) is 49.5. The van der Waals surface area contributed by atoms with Gasteiger partial charge in [-0.05, 0) is 160 Å². The van der Waals surface area contributed by atoms with Gasteiger partial charge < -0.3 is 29.6 Å². The van der Waals surface area contributed by atoms with Crippen molar-refractivity contribution in [2.75, 3.05) is 13.1 Å². The lowest BCUT2D eigenvalue weighted by Crippen LogP contribution is -2.66. The van der Waals surface area contributed by atoms with Gasteiger partial charge in [0.05, 0.1) is 0 Å². The van der Waals surface area contributed by atoms with Crippen molar-refractivity contribution in [1.29, 1.82) is 0 Å². The lowest BCUT2D eigenvalue weighted by atomic mass is 9.42. The van der Waals surface area contributed by atoms with E-state index in [9.17, 15) is 28.8 Å². The van der Waals surface area contributed by atoms with E-state index in [0.29, 0.717) is 77.3 Å². The summed E-state index contributed by atoms with van der Waals surface area (Å²) >= 11 is 0. The Morgan fingerprint density at radius 1 is 0.500 bits per heavy atom. The molecule has 2 N–H and O–H groups in total. The number of hydrogen-bond donors (Lipinski definition) is 2. The molecule has 8 saturated carbocycles. The maximum absolute atomic E-state index is 13.1. The Morgan fingerprint density at radius 3 is 1.19 bits per heavy atom. The molecule has 8 unspecified atom stereocenters. The number of esters is 4. The maximum atomic E-state index is 13.1. The van der Waals surface area contributed by atoms with Crippen molar-refractivity contribution in [3.05, 3.63) is 0 Å². The van der Waals surface area contributed by atoms with Crippen molar-refractivity contribution >= 4 is 35.7 Å². The lowest BCUT2D eigenvalue weighted by Gasteiger charge is -2.66. The number of carbonyl (C=O) groups is 6. The van der Waals surface area contributed by atoms with Gasteiger partial charge in [0.15, 0.2) is 0 Å². The zero-order valence-electron chi connectivity index (χ0n) is 49.5. The van der Waals surface area contributed by atoms with E-state index in [1.807, 2.05) is 0 Å². The summed E-state index contributed by atoms with van der Waals surface area (Å²) in [4.78, 5) is 104. The molecule has 0 bridgehead atoms. The highest BCUT2D eigenvalue weighted by atomic mass is 17.4. The van der Waals surface area contributed by atoms with Gasteiger partial charge >= 0.3 is 23.9 Å². The van der Waals surface area contributed by atoms with Gasteiger partial charge in [0, 0.05) is 102 Å². The fraction of sp³-hybridized carbons (Fsp3) is 0.903. The molecule has 9 aliphatic rings. The average Bonchev–Trinajstić information content (AvgIpc) is 4.04. The second-order valence-electron chi connectivity index (χ2n) is 27.8. The van der Waals surface area contributed by atoms with Crippen molar-refractivity contribution in [3.8, 4) is 0 Å². The van der Waals surface area contributed by atoms with Crippen LogP contribution in [0.15, 0.2) is 0 Å². The van der Waals surface area contributed by atoms with Gasteiger partial charge in [-0.3, -0.25) is 28.8 Å². The maximum Gasteiger partial charge on any atom is 0.302 e. The van der Waals surface area contributed by atoms with E-state index in [4.69, 9.17) is 38.5 Å². The molecular formula is C62H98N2O14. The van der Waals surface area contributed by atoms with Gasteiger partial charge in [-0.25, -0.2) is 0 Å². The van der Waals surface area contributed by atoms with Crippen molar-refractivity contribution < 1.29 is 67.3 Å². The van der Waals surface area contributed by atoms with Crippen LogP contribution < -0.4 is 10.6 Å². The molecule has 0 aromatic rings. The summed E-state index contributed by atoms with van der Waals surface area (Å²) in [5.74, 6) is -1.96. The van der Waals surface area contributed by atoms with Crippen LogP contribution in [0.25, 0.3) is 0 Å². The quantitative estimate of drug-likeness (QED) is 0.0840. The summed E-state index contributed by atoms with van der Waals surface area (Å²) in [5.41, 5.74) is -1.18. The van der Waals surface area contributed by atoms with Crippen LogP contribution in [0.4, 0.5) is 0 Å². The van der Waals surface area contributed by atoms with Crippen molar-refractivity contribution in [1.82, 2.24) is 10.6 Å². The molecule has 0 aromatic heterocycles. The first-order valence-electron chi connectivity index (χ1n) is 30.8. The summed E-state index contributed by atoms with van der Waals surface area (Å²) in [5, 5.41) is 6.07. The smallest absolute Gasteiger partial charge is 0.302 e. The summed E-state index contributed by atoms with van der Waals surface area (Å²) in [7, 11) is 0. The van der Waals surface area contributed by atoms with E-state index < -0.39 is 11.6 Å². The minimum Gasteiger partial charge on any atom is -0.462 e. The van der Waals surface area contributed by atoms with Crippen LogP contribution in [-0.2, 0) is 67.3 Å². The molecule has 20 atom stereocenters. The van der Waals surface area contributed by atoms with Gasteiger partial charge in [0.1, 0.15) is 24.4 Å². The highest BCUT2D eigenvalue weighted by Gasteiger charge is 2.72. The third kappa shape index (κ3) is 10.7. The van der Waals surface area contributed by atoms with Crippen LogP contribution in [-0.4, -0.2) is 84.8 Å². The monoisotopic (exact) mass is 1090 g/mol. The third-order valence-corrected chi connectivity index (χ3v) is 23.7. The van der Waals surface area contributed by atoms with E-state index in [0.717, 1.165) is 64.2 Å². The number of ether oxygens (including phenoxy) is 4. The van der Waals surface area contributed by atoms with Crippen LogP contribution in [0, 0.1) is 92.7 Å². The van der Waals surface area contributed by atoms with Crippen LogP contribution in [0.1, 0.15) is 212 Å². The van der Waals surface area contributed by atoms with Crippen molar-refractivity contribution in [2.24, 2.45) is 92.7 Å². The Kier molecular flexibility index (Phi) is 17.3. The molecule has 0 aromatic carbocycles. The molecule has 8 aliphatic carbocycles. The van der Waals surface area contributed by atoms with E-state index in [1.165, 1.54) is 27.7 Å². The molecule has 78 heavy (non-hydrogen) atoms. The minimum absolute atomic E-state index is 0.00164. The summed E-state index contributed by atoms with van der Waals surface area (Å²) in [6.45, 7) is 25.3. The Balaban J connectivity index is 0.912. The molecule has 1 aliphatic heterocycles. The zero-order chi connectivity index (χ0) is 56.3.